The van der Waals surface area contributed by atoms with Crippen molar-refractivity contribution in [2.24, 2.45) is 0 Å². The Labute approximate surface area is 135 Å². The van der Waals surface area contributed by atoms with Crippen LogP contribution in [0.15, 0.2) is 0 Å². The monoisotopic (exact) mass is 260 g/mol. The van der Waals surface area contributed by atoms with E-state index in [1.165, 1.54) is 25.6 Å². The van der Waals surface area contributed by atoms with Gasteiger partial charge in [-0.1, -0.05) is 5.46 Å². The van der Waals surface area contributed by atoms with Gasteiger partial charge in [0.2, 0.25) is 0 Å². The van der Waals surface area contributed by atoms with Crippen molar-refractivity contribution in [3.63, 3.8) is 0 Å². The Morgan fingerprint density at radius 1 is 1.31 bits per heavy atom. The molecule has 0 amide bonds. The van der Waals surface area contributed by atoms with Crippen LogP contribution in [0.5, 0.6) is 0 Å². The zero-order valence-electron chi connectivity index (χ0n) is 9.93. The Kier molecular flexibility index (Phi) is 6.83. The van der Waals surface area contributed by atoms with Crippen molar-refractivity contribution in [1.29, 1.82) is 0 Å². The fourth-order valence-corrected chi connectivity index (χ4v) is 1.58. The van der Waals surface area contributed by atoms with Crippen molar-refractivity contribution in [2.45, 2.75) is 20.4 Å². The summed E-state index contributed by atoms with van der Waals surface area (Å²) in [4.78, 5) is 0. The Hall–Kier alpha value is 0.661. The van der Waals surface area contributed by atoms with E-state index in [0.717, 1.165) is 0 Å². The first-order chi connectivity index (χ1) is 6.88. The minimum Gasteiger partial charge on any atom is -0.445 e. The van der Waals surface area contributed by atoms with E-state index < -0.39 is 12.4 Å². The number of nitrogens with zero attached hydrogens (tertiary/aromatic N) is 2. The summed E-state index contributed by atoms with van der Waals surface area (Å²) in [5.41, 5.74) is -0.376. The third kappa shape index (κ3) is 3.85. The number of halogens is 3. The number of ether oxygens (including phenoxy) is 1. The number of hydrogen-bond acceptors (Lipinski definition) is 2. The van der Waals surface area contributed by atoms with E-state index in [1.807, 2.05) is 0 Å². The summed E-state index contributed by atoms with van der Waals surface area (Å²) < 4.78 is 44.0. The van der Waals surface area contributed by atoms with Crippen LogP contribution in [0, 0.1) is 13.8 Å². The quantitative estimate of drug-likeness (QED) is 0.598. The number of aromatic nitrogens is 2. The molecule has 0 fully saturated rings. The molecule has 1 heterocycles. The Bertz CT molecular complexity index is 354. The minimum absolute atomic E-state index is 0. The van der Waals surface area contributed by atoms with E-state index in [0.29, 0.717) is 13.2 Å². The Morgan fingerprint density at radius 2 is 1.88 bits per heavy atom. The first kappa shape index (κ1) is 16.7. The van der Waals surface area contributed by atoms with Gasteiger partial charge in [-0.15, -0.1) is 0 Å². The molecule has 0 atom stereocenters. The predicted octanol–water partition coefficient (Wildman–Crippen LogP) is -1.80. The largest absolute Gasteiger partial charge is 1.00 e. The minimum atomic E-state index is -4.98. The van der Waals surface area contributed by atoms with Gasteiger partial charge in [-0.3, -0.25) is 4.68 Å². The molecule has 0 unspecified atom stereocenters. The molecule has 1 aromatic rings. The first-order valence-corrected chi connectivity index (χ1v) is 4.60. The molecule has 0 bridgehead atoms. The molecule has 16 heavy (non-hydrogen) atoms. The van der Waals surface area contributed by atoms with Crippen LogP contribution in [0.1, 0.15) is 11.4 Å². The molecule has 0 aliphatic rings. The van der Waals surface area contributed by atoms with Gasteiger partial charge in [0.15, 0.2) is 0 Å². The number of aryl methyl sites for hydroxylation is 1. The van der Waals surface area contributed by atoms with Crippen LogP contribution >= 0.6 is 0 Å². The van der Waals surface area contributed by atoms with E-state index in [9.17, 15) is 12.9 Å². The normalized spacial score (nSPS) is 11.4. The van der Waals surface area contributed by atoms with E-state index >= 15 is 0 Å². The van der Waals surface area contributed by atoms with E-state index in [2.05, 4.69) is 5.10 Å². The summed E-state index contributed by atoms with van der Waals surface area (Å²) in [5.74, 6) is 0. The van der Waals surface area contributed by atoms with Crippen molar-refractivity contribution < 1.29 is 69.1 Å². The Balaban J connectivity index is 0.00000225. The second kappa shape index (κ2) is 6.56. The third-order valence-electron chi connectivity index (χ3n) is 2.27. The van der Waals surface area contributed by atoms with Crippen LogP contribution in [0.2, 0.25) is 0 Å². The van der Waals surface area contributed by atoms with Gasteiger partial charge in [0.25, 0.3) is 0 Å². The molecule has 3 nitrogen and oxygen atoms in total. The third-order valence-corrected chi connectivity index (χ3v) is 2.27. The number of methoxy groups -OCH3 is 1. The van der Waals surface area contributed by atoms with E-state index in [1.54, 1.807) is 0 Å². The van der Waals surface area contributed by atoms with Crippen LogP contribution in [-0.4, -0.2) is 30.5 Å². The molecule has 1 aromatic heterocycles. The second-order valence-electron chi connectivity index (χ2n) is 3.38. The van der Waals surface area contributed by atoms with Crippen LogP contribution in [0.3, 0.4) is 0 Å². The summed E-state index contributed by atoms with van der Waals surface area (Å²) in [5, 5.41) is 3.85. The van der Waals surface area contributed by atoms with Crippen molar-refractivity contribution in [2.75, 3.05) is 13.7 Å². The average Bonchev–Trinajstić information content (AvgIpc) is 2.36. The van der Waals surface area contributed by atoms with Gasteiger partial charge in [0.1, 0.15) is 0 Å². The molecule has 0 N–H and O–H groups in total. The maximum Gasteiger partial charge on any atom is 1.00 e. The topological polar surface area (TPSA) is 27.1 Å². The second-order valence-corrected chi connectivity index (χ2v) is 3.38. The van der Waals surface area contributed by atoms with Crippen molar-refractivity contribution in [3.8, 4) is 0 Å². The van der Waals surface area contributed by atoms with Crippen LogP contribution in [0.25, 0.3) is 0 Å². The van der Waals surface area contributed by atoms with Gasteiger partial charge in [-0.25, -0.2) is 0 Å². The summed E-state index contributed by atoms with van der Waals surface area (Å²) in [6.07, 6.45) is 0. The molecule has 0 aliphatic heterocycles. The van der Waals surface area contributed by atoms with Gasteiger partial charge < -0.3 is 17.7 Å². The van der Waals surface area contributed by atoms with Crippen LogP contribution in [0.4, 0.5) is 12.9 Å². The molecule has 1 rings (SSSR count). The SMILES string of the molecule is COCCn1nc(C)c([B-](F)(F)F)c1C.[K+]. The maximum atomic E-state index is 12.6. The van der Waals surface area contributed by atoms with Crippen molar-refractivity contribution >= 4 is 12.4 Å². The first-order valence-electron chi connectivity index (χ1n) is 4.60. The van der Waals surface area contributed by atoms with Gasteiger partial charge >= 0.3 is 58.4 Å². The number of rotatable bonds is 4. The molecular formula is C8H13BF3KN2O. The molecule has 0 saturated carbocycles. The van der Waals surface area contributed by atoms with Crippen molar-refractivity contribution in [1.82, 2.24) is 9.78 Å². The van der Waals surface area contributed by atoms with E-state index in [-0.39, 0.29) is 62.8 Å². The molecule has 0 radical (unpaired) electrons. The summed E-state index contributed by atoms with van der Waals surface area (Å²) in [6.45, 7) is -1.48. The van der Waals surface area contributed by atoms with Crippen LogP contribution < -0.4 is 56.8 Å². The molecule has 0 aliphatic carbocycles. The summed E-state index contributed by atoms with van der Waals surface area (Å²) in [7, 11) is 1.50. The van der Waals surface area contributed by atoms with Crippen LogP contribution in [-0.2, 0) is 11.3 Å². The van der Waals surface area contributed by atoms with Gasteiger partial charge in [0.05, 0.1) is 13.2 Å². The molecule has 0 saturated heterocycles. The number of hydrogen-bond donors (Lipinski definition) is 0. The maximum absolute atomic E-state index is 12.6. The van der Waals surface area contributed by atoms with Crippen molar-refractivity contribution in [3.05, 3.63) is 11.4 Å². The van der Waals surface area contributed by atoms with Gasteiger partial charge in [-0.05, 0) is 13.8 Å². The fraction of sp³-hybridized carbons (Fsp3) is 0.625. The summed E-state index contributed by atoms with van der Waals surface area (Å²) >= 11 is 0. The van der Waals surface area contributed by atoms with Gasteiger partial charge in [0, 0.05) is 18.5 Å². The molecule has 0 aromatic carbocycles. The fourth-order valence-electron chi connectivity index (χ4n) is 1.58. The Morgan fingerprint density at radius 3 is 2.25 bits per heavy atom. The van der Waals surface area contributed by atoms with E-state index in [4.69, 9.17) is 4.74 Å². The zero-order valence-corrected chi connectivity index (χ0v) is 13.1. The molecule has 0 spiro atoms. The molecule has 8 heteroatoms. The predicted molar refractivity (Wildman–Crippen MR) is 52.3 cm³/mol. The molecule has 86 valence electrons. The zero-order chi connectivity index (χ0) is 11.6. The smallest absolute Gasteiger partial charge is 0.445 e. The standard InChI is InChI=1S/C8H13BF3N2O.K/c1-6-8(9(10,11)12)7(2)14(13-6)4-5-15-3;/h4-5H2,1-3H3;/q-1;+1. The molecular weight excluding hydrogens is 247 g/mol. The average molecular weight is 260 g/mol. The van der Waals surface area contributed by atoms with Gasteiger partial charge in [-0.2, -0.15) is 5.10 Å². The summed E-state index contributed by atoms with van der Waals surface area (Å²) in [6, 6.07) is 0.